The van der Waals surface area contributed by atoms with E-state index < -0.39 is 10.2 Å². The SMILES string of the molecule is CN(C)c1ncc(-c2ccc(F)cc2)c(C2CCCN2S(=O)(=O)N(C)C)n1. The second-order valence-corrected chi connectivity index (χ2v) is 9.02. The molecular weight excluding hydrogens is 369 g/mol. The zero-order valence-corrected chi connectivity index (χ0v) is 16.7. The minimum Gasteiger partial charge on any atom is -0.347 e. The van der Waals surface area contributed by atoms with Crippen molar-refractivity contribution in [2.45, 2.75) is 18.9 Å². The number of nitrogens with zero attached hydrogens (tertiary/aromatic N) is 5. The molecule has 3 rings (SSSR count). The number of anilines is 1. The Labute approximate surface area is 159 Å². The van der Waals surface area contributed by atoms with E-state index in [4.69, 9.17) is 0 Å². The van der Waals surface area contributed by atoms with Crippen LogP contribution in [0, 0.1) is 5.82 Å². The van der Waals surface area contributed by atoms with Crippen molar-refractivity contribution in [2.24, 2.45) is 0 Å². The lowest BCUT2D eigenvalue weighted by Gasteiger charge is -2.28. The molecule has 2 heterocycles. The molecule has 2 aromatic rings. The van der Waals surface area contributed by atoms with Crippen molar-refractivity contribution in [3.8, 4) is 11.1 Å². The Bertz CT molecular complexity index is 916. The fraction of sp³-hybridized carbons (Fsp3) is 0.444. The monoisotopic (exact) mass is 393 g/mol. The summed E-state index contributed by atoms with van der Waals surface area (Å²) in [6.07, 6.45) is 3.11. The molecule has 0 spiro atoms. The molecule has 1 atom stereocenters. The number of aromatic nitrogens is 2. The molecule has 1 fully saturated rings. The fourth-order valence-electron chi connectivity index (χ4n) is 3.21. The summed E-state index contributed by atoms with van der Waals surface area (Å²) < 4.78 is 41.6. The molecule has 1 aromatic carbocycles. The lowest BCUT2D eigenvalue weighted by atomic mass is 10.0. The van der Waals surface area contributed by atoms with Gasteiger partial charge in [0.2, 0.25) is 5.95 Å². The Hall–Kier alpha value is -2.10. The number of hydrogen-bond acceptors (Lipinski definition) is 5. The van der Waals surface area contributed by atoms with Crippen molar-refractivity contribution >= 4 is 16.2 Å². The first kappa shape index (κ1) is 19.7. The standard InChI is InChI=1S/C18H24FN5O2S/c1-22(2)18-20-12-15(13-7-9-14(19)10-8-13)17(21-18)16-6-5-11-24(16)27(25,26)23(3)4/h7-10,12,16H,5-6,11H2,1-4H3. The van der Waals surface area contributed by atoms with E-state index in [1.54, 1.807) is 23.2 Å². The normalized spacial score (nSPS) is 18.2. The largest absolute Gasteiger partial charge is 0.347 e. The van der Waals surface area contributed by atoms with Crippen molar-refractivity contribution in [2.75, 3.05) is 39.6 Å². The van der Waals surface area contributed by atoms with Gasteiger partial charge in [0, 0.05) is 46.5 Å². The van der Waals surface area contributed by atoms with Crippen LogP contribution in [0.5, 0.6) is 0 Å². The summed E-state index contributed by atoms with van der Waals surface area (Å²) in [4.78, 5) is 10.8. The first-order valence-corrected chi connectivity index (χ1v) is 10.1. The van der Waals surface area contributed by atoms with Gasteiger partial charge in [-0.2, -0.15) is 17.0 Å². The first-order valence-electron chi connectivity index (χ1n) is 8.71. The van der Waals surface area contributed by atoms with Crippen LogP contribution in [0.4, 0.5) is 10.3 Å². The highest BCUT2D eigenvalue weighted by atomic mass is 32.2. The second-order valence-electron chi connectivity index (χ2n) is 6.93. The molecule has 1 aromatic heterocycles. The van der Waals surface area contributed by atoms with Crippen molar-refractivity contribution in [3.63, 3.8) is 0 Å². The summed E-state index contributed by atoms with van der Waals surface area (Å²) >= 11 is 0. The van der Waals surface area contributed by atoms with E-state index in [1.165, 1.54) is 34.8 Å². The molecule has 0 N–H and O–H groups in total. The number of halogens is 1. The van der Waals surface area contributed by atoms with Crippen molar-refractivity contribution in [1.29, 1.82) is 0 Å². The zero-order valence-electron chi connectivity index (χ0n) is 15.9. The van der Waals surface area contributed by atoms with Gasteiger partial charge in [0.05, 0.1) is 11.7 Å². The van der Waals surface area contributed by atoms with Gasteiger partial charge >= 0.3 is 0 Å². The lowest BCUT2D eigenvalue weighted by molar-refractivity contribution is 0.358. The Morgan fingerprint density at radius 3 is 2.41 bits per heavy atom. The van der Waals surface area contributed by atoms with Gasteiger partial charge in [0.25, 0.3) is 10.2 Å². The minimum atomic E-state index is -3.58. The summed E-state index contributed by atoms with van der Waals surface area (Å²) in [5, 5.41) is 0. The summed E-state index contributed by atoms with van der Waals surface area (Å²) in [6, 6.07) is 5.68. The topological polar surface area (TPSA) is 69.6 Å². The molecule has 146 valence electrons. The van der Waals surface area contributed by atoms with E-state index in [0.29, 0.717) is 30.2 Å². The van der Waals surface area contributed by atoms with Gasteiger partial charge in [0.1, 0.15) is 5.82 Å². The highest BCUT2D eigenvalue weighted by molar-refractivity contribution is 7.86. The molecule has 1 unspecified atom stereocenters. The third-order valence-corrected chi connectivity index (χ3v) is 6.59. The predicted molar refractivity (Wildman–Crippen MR) is 103 cm³/mol. The number of hydrogen-bond donors (Lipinski definition) is 0. The predicted octanol–water partition coefficient (Wildman–Crippen LogP) is 2.29. The van der Waals surface area contributed by atoms with Gasteiger partial charge in [-0.1, -0.05) is 12.1 Å². The van der Waals surface area contributed by atoms with Crippen LogP contribution in [-0.4, -0.2) is 61.7 Å². The Morgan fingerprint density at radius 2 is 1.81 bits per heavy atom. The molecule has 1 aliphatic heterocycles. The molecule has 0 bridgehead atoms. The maximum atomic E-state index is 13.4. The fourth-order valence-corrected chi connectivity index (χ4v) is 4.51. The molecule has 27 heavy (non-hydrogen) atoms. The third-order valence-electron chi connectivity index (χ3n) is 4.64. The molecule has 0 saturated carbocycles. The first-order chi connectivity index (χ1) is 12.7. The van der Waals surface area contributed by atoms with Gasteiger partial charge in [-0.3, -0.25) is 0 Å². The molecule has 9 heteroatoms. The number of benzene rings is 1. The molecule has 0 radical (unpaired) electrons. The summed E-state index contributed by atoms with van der Waals surface area (Å²) in [5.74, 6) is 0.175. The van der Waals surface area contributed by atoms with E-state index in [0.717, 1.165) is 12.0 Å². The van der Waals surface area contributed by atoms with E-state index >= 15 is 0 Å². The minimum absolute atomic E-state index is 0.330. The summed E-state index contributed by atoms with van der Waals surface area (Å²) in [6.45, 7) is 0.440. The Balaban J connectivity index is 2.14. The maximum Gasteiger partial charge on any atom is 0.282 e. The second kappa shape index (κ2) is 7.49. The van der Waals surface area contributed by atoms with E-state index in [2.05, 4.69) is 9.97 Å². The van der Waals surface area contributed by atoms with E-state index in [1.807, 2.05) is 14.1 Å². The van der Waals surface area contributed by atoms with Crippen LogP contribution in [0.3, 0.4) is 0 Å². The Morgan fingerprint density at radius 1 is 1.15 bits per heavy atom. The Kier molecular flexibility index (Phi) is 5.45. The van der Waals surface area contributed by atoms with Crippen LogP contribution < -0.4 is 4.90 Å². The van der Waals surface area contributed by atoms with Crippen molar-refractivity contribution in [1.82, 2.24) is 18.6 Å². The number of rotatable bonds is 5. The average Bonchev–Trinajstić information content (AvgIpc) is 3.12. The van der Waals surface area contributed by atoms with E-state index in [9.17, 15) is 12.8 Å². The lowest BCUT2D eigenvalue weighted by Crippen LogP contribution is -2.40. The smallest absolute Gasteiger partial charge is 0.282 e. The van der Waals surface area contributed by atoms with Crippen molar-refractivity contribution in [3.05, 3.63) is 42.0 Å². The average molecular weight is 393 g/mol. The van der Waals surface area contributed by atoms with Gasteiger partial charge in [0.15, 0.2) is 0 Å². The maximum absolute atomic E-state index is 13.4. The molecule has 7 nitrogen and oxygen atoms in total. The van der Waals surface area contributed by atoms with Crippen LogP contribution >= 0.6 is 0 Å². The van der Waals surface area contributed by atoms with Gasteiger partial charge < -0.3 is 4.90 Å². The van der Waals surface area contributed by atoms with E-state index in [-0.39, 0.29) is 11.9 Å². The van der Waals surface area contributed by atoms with Gasteiger partial charge in [-0.15, -0.1) is 0 Å². The highest BCUT2D eigenvalue weighted by Crippen LogP contribution is 2.39. The quantitative estimate of drug-likeness (QED) is 0.780. The molecule has 1 saturated heterocycles. The molecule has 1 aliphatic rings. The van der Waals surface area contributed by atoms with Gasteiger partial charge in [-0.25, -0.2) is 14.4 Å². The van der Waals surface area contributed by atoms with Crippen molar-refractivity contribution < 1.29 is 12.8 Å². The molecule has 0 amide bonds. The van der Waals surface area contributed by atoms with Crippen LogP contribution in [0.1, 0.15) is 24.6 Å². The van der Waals surface area contributed by atoms with Crippen LogP contribution in [0.2, 0.25) is 0 Å². The van der Waals surface area contributed by atoms with Crippen LogP contribution in [0.15, 0.2) is 30.5 Å². The summed E-state index contributed by atoms with van der Waals surface area (Å²) in [7, 11) is 3.14. The zero-order chi connectivity index (χ0) is 19.8. The summed E-state index contributed by atoms with van der Waals surface area (Å²) in [5.41, 5.74) is 2.11. The van der Waals surface area contributed by atoms with Crippen LogP contribution in [0.25, 0.3) is 11.1 Å². The molecule has 0 aliphatic carbocycles. The third kappa shape index (κ3) is 3.80. The molecular formula is C18H24FN5O2S. The highest BCUT2D eigenvalue weighted by Gasteiger charge is 2.38. The van der Waals surface area contributed by atoms with Crippen LogP contribution in [-0.2, 0) is 10.2 Å². The van der Waals surface area contributed by atoms with Gasteiger partial charge in [-0.05, 0) is 30.5 Å².